The monoisotopic (exact) mass is 164 g/mol. The first-order chi connectivity index (χ1) is 5.74. The Morgan fingerprint density at radius 2 is 2.50 bits per heavy atom. The van der Waals surface area contributed by atoms with Crippen LogP contribution in [0.2, 0.25) is 0 Å². The van der Waals surface area contributed by atoms with E-state index in [4.69, 9.17) is 5.11 Å². The van der Waals surface area contributed by atoms with Crippen LogP contribution >= 0.6 is 0 Å². The van der Waals surface area contributed by atoms with Gasteiger partial charge in [0.2, 0.25) is 5.91 Å². The maximum atomic E-state index is 10.8. The molecule has 1 aromatic heterocycles. The number of rotatable bonds is 2. The van der Waals surface area contributed by atoms with Crippen LogP contribution in [-0.2, 0) is 4.79 Å². The van der Waals surface area contributed by atoms with Gasteiger partial charge in [0.1, 0.15) is 0 Å². The van der Waals surface area contributed by atoms with E-state index in [-0.39, 0.29) is 11.6 Å². The number of hydrogen-bond donors (Lipinski definition) is 2. The Kier molecular flexibility index (Phi) is 2.42. The summed E-state index contributed by atoms with van der Waals surface area (Å²) in [5, 5.41) is 11.5. The lowest BCUT2D eigenvalue weighted by atomic mass is 10.4. The quantitative estimate of drug-likeness (QED) is 0.638. The third kappa shape index (κ3) is 1.82. The molecule has 0 atom stereocenters. The maximum absolute atomic E-state index is 10.8. The van der Waals surface area contributed by atoms with Crippen LogP contribution in [0.1, 0.15) is 0 Å². The number of amides is 1. The molecule has 0 aliphatic heterocycles. The van der Waals surface area contributed by atoms with E-state index in [1.807, 2.05) is 0 Å². The molecule has 0 aliphatic rings. The summed E-state index contributed by atoms with van der Waals surface area (Å²) < 4.78 is 0. The minimum Gasteiger partial charge on any atom is -0.504 e. The molecular formula is C8H8N2O2. The SMILES string of the molecule is C=CC(=O)Nc1ncccc1O. The van der Waals surface area contributed by atoms with Crippen LogP contribution < -0.4 is 5.32 Å². The van der Waals surface area contributed by atoms with E-state index in [0.717, 1.165) is 6.08 Å². The Hall–Kier alpha value is -1.84. The van der Waals surface area contributed by atoms with Crippen molar-refractivity contribution in [1.29, 1.82) is 0 Å². The van der Waals surface area contributed by atoms with Crippen LogP contribution in [0.25, 0.3) is 0 Å². The minimum atomic E-state index is -0.399. The number of pyridine rings is 1. The third-order valence-corrected chi connectivity index (χ3v) is 1.21. The first-order valence-electron chi connectivity index (χ1n) is 3.31. The molecule has 1 aromatic rings. The van der Waals surface area contributed by atoms with E-state index >= 15 is 0 Å². The van der Waals surface area contributed by atoms with Gasteiger partial charge in [-0.1, -0.05) is 6.58 Å². The topological polar surface area (TPSA) is 62.2 Å². The van der Waals surface area contributed by atoms with E-state index in [0.29, 0.717) is 0 Å². The lowest BCUT2D eigenvalue weighted by molar-refractivity contribution is -0.111. The molecule has 0 aromatic carbocycles. The molecule has 0 aliphatic carbocycles. The molecule has 0 spiro atoms. The number of carbonyl (C=O) groups excluding carboxylic acids is 1. The fraction of sp³-hybridized carbons (Fsp3) is 0. The highest BCUT2D eigenvalue weighted by molar-refractivity contribution is 5.98. The van der Waals surface area contributed by atoms with Crippen molar-refractivity contribution in [2.24, 2.45) is 0 Å². The lowest BCUT2D eigenvalue weighted by Gasteiger charge is -2.01. The van der Waals surface area contributed by atoms with E-state index < -0.39 is 5.91 Å². The fourth-order valence-electron chi connectivity index (χ4n) is 0.661. The van der Waals surface area contributed by atoms with Gasteiger partial charge in [0.05, 0.1) is 0 Å². The molecule has 4 nitrogen and oxygen atoms in total. The van der Waals surface area contributed by atoms with Crippen LogP contribution in [0.4, 0.5) is 5.82 Å². The number of anilines is 1. The molecule has 0 bridgehead atoms. The van der Waals surface area contributed by atoms with Crippen molar-refractivity contribution in [1.82, 2.24) is 4.98 Å². The average Bonchev–Trinajstić information content (AvgIpc) is 2.09. The summed E-state index contributed by atoms with van der Waals surface area (Å²) in [5.41, 5.74) is 0. The van der Waals surface area contributed by atoms with Gasteiger partial charge in [-0.25, -0.2) is 4.98 Å². The van der Waals surface area contributed by atoms with Gasteiger partial charge in [-0.05, 0) is 18.2 Å². The second-order valence-electron chi connectivity index (χ2n) is 2.06. The summed E-state index contributed by atoms with van der Waals surface area (Å²) in [6.07, 6.45) is 2.58. The van der Waals surface area contributed by atoms with Gasteiger partial charge in [0, 0.05) is 6.20 Å². The third-order valence-electron chi connectivity index (χ3n) is 1.21. The summed E-state index contributed by atoms with van der Waals surface area (Å²) >= 11 is 0. The first-order valence-corrected chi connectivity index (χ1v) is 3.31. The van der Waals surface area contributed by atoms with Gasteiger partial charge >= 0.3 is 0 Å². The van der Waals surface area contributed by atoms with Crippen LogP contribution in [0.5, 0.6) is 5.75 Å². The molecule has 62 valence electrons. The van der Waals surface area contributed by atoms with Gasteiger partial charge in [0.15, 0.2) is 11.6 Å². The zero-order valence-electron chi connectivity index (χ0n) is 6.32. The van der Waals surface area contributed by atoms with Crippen LogP contribution in [0.3, 0.4) is 0 Å². The second-order valence-corrected chi connectivity index (χ2v) is 2.06. The zero-order chi connectivity index (χ0) is 8.97. The number of nitrogens with zero attached hydrogens (tertiary/aromatic N) is 1. The largest absolute Gasteiger partial charge is 0.504 e. The van der Waals surface area contributed by atoms with Crippen molar-refractivity contribution in [2.75, 3.05) is 5.32 Å². The smallest absolute Gasteiger partial charge is 0.249 e. The van der Waals surface area contributed by atoms with E-state index in [1.54, 1.807) is 6.07 Å². The van der Waals surface area contributed by atoms with Gasteiger partial charge < -0.3 is 10.4 Å². The summed E-state index contributed by atoms with van der Waals surface area (Å²) in [4.78, 5) is 14.5. The minimum absolute atomic E-state index is 0.0623. The second kappa shape index (κ2) is 3.52. The Balaban J connectivity index is 2.82. The Labute approximate surface area is 69.6 Å². The molecular weight excluding hydrogens is 156 g/mol. The summed E-state index contributed by atoms with van der Waals surface area (Å²) in [6.45, 7) is 3.26. The summed E-state index contributed by atoms with van der Waals surface area (Å²) in [7, 11) is 0. The normalized spacial score (nSPS) is 9.00. The van der Waals surface area contributed by atoms with Crippen LogP contribution in [-0.4, -0.2) is 16.0 Å². The van der Waals surface area contributed by atoms with E-state index in [9.17, 15) is 4.79 Å². The predicted octanol–water partition coefficient (Wildman–Crippen LogP) is 0.912. The number of hydrogen-bond acceptors (Lipinski definition) is 3. The Morgan fingerprint density at radius 3 is 3.08 bits per heavy atom. The Morgan fingerprint density at radius 1 is 1.75 bits per heavy atom. The van der Waals surface area contributed by atoms with Crippen LogP contribution in [0.15, 0.2) is 31.0 Å². The predicted molar refractivity (Wildman–Crippen MR) is 44.7 cm³/mol. The molecule has 0 fully saturated rings. The first kappa shape index (κ1) is 8.26. The molecule has 4 heteroatoms. The van der Waals surface area contributed by atoms with Gasteiger partial charge in [0.25, 0.3) is 0 Å². The average molecular weight is 164 g/mol. The van der Waals surface area contributed by atoms with Gasteiger partial charge in [-0.3, -0.25) is 4.79 Å². The summed E-state index contributed by atoms with van der Waals surface area (Å²) in [6, 6.07) is 3.00. The molecule has 1 heterocycles. The van der Waals surface area contributed by atoms with E-state index in [2.05, 4.69) is 16.9 Å². The van der Waals surface area contributed by atoms with Crippen molar-refractivity contribution >= 4 is 11.7 Å². The molecule has 2 N–H and O–H groups in total. The molecule has 0 saturated heterocycles. The standard InChI is InChI=1S/C8H8N2O2/c1-2-7(12)10-8-6(11)4-3-5-9-8/h2-5,11H,1H2,(H,9,10,12). The fourth-order valence-corrected chi connectivity index (χ4v) is 0.661. The molecule has 12 heavy (non-hydrogen) atoms. The van der Waals surface area contributed by atoms with Crippen molar-refractivity contribution in [3.05, 3.63) is 31.0 Å². The molecule has 1 amide bonds. The number of nitrogens with one attached hydrogen (secondary N) is 1. The van der Waals surface area contributed by atoms with Crippen molar-refractivity contribution in [3.63, 3.8) is 0 Å². The highest BCUT2D eigenvalue weighted by Crippen LogP contribution is 2.17. The number of aromatic nitrogens is 1. The van der Waals surface area contributed by atoms with Crippen molar-refractivity contribution in [2.45, 2.75) is 0 Å². The molecule has 0 saturated carbocycles. The van der Waals surface area contributed by atoms with Gasteiger partial charge in [-0.2, -0.15) is 0 Å². The molecule has 0 unspecified atom stereocenters. The number of aromatic hydroxyl groups is 1. The molecule has 1 rings (SSSR count). The molecule has 0 radical (unpaired) electrons. The van der Waals surface area contributed by atoms with Crippen LogP contribution in [0, 0.1) is 0 Å². The van der Waals surface area contributed by atoms with E-state index in [1.165, 1.54) is 12.3 Å². The summed E-state index contributed by atoms with van der Waals surface area (Å²) in [5.74, 6) is -0.320. The highest BCUT2D eigenvalue weighted by Gasteiger charge is 2.02. The Bertz CT molecular complexity index is 310. The highest BCUT2D eigenvalue weighted by atomic mass is 16.3. The maximum Gasteiger partial charge on any atom is 0.249 e. The van der Waals surface area contributed by atoms with Crippen molar-refractivity contribution in [3.8, 4) is 5.75 Å². The van der Waals surface area contributed by atoms with Crippen molar-refractivity contribution < 1.29 is 9.90 Å². The number of carbonyl (C=O) groups is 1. The zero-order valence-corrected chi connectivity index (χ0v) is 6.32. The van der Waals surface area contributed by atoms with Gasteiger partial charge in [-0.15, -0.1) is 0 Å². The lowest BCUT2D eigenvalue weighted by Crippen LogP contribution is -2.08.